The van der Waals surface area contributed by atoms with Crippen LogP contribution in [0, 0.1) is 0 Å². The van der Waals surface area contributed by atoms with E-state index in [1.165, 1.54) is 6.07 Å². The topological polar surface area (TPSA) is 75.6 Å². The molecule has 1 unspecified atom stereocenters. The minimum atomic E-state index is -3.03. The molecular weight excluding hydrogens is 304 g/mol. The molecule has 2 rings (SSSR count). The van der Waals surface area contributed by atoms with E-state index in [0.717, 1.165) is 11.3 Å². The first kappa shape index (κ1) is 15.8. The summed E-state index contributed by atoms with van der Waals surface area (Å²) < 4.78 is 32.7. The molecule has 2 heterocycles. The number of alkyl halides is 2. The first-order valence-corrected chi connectivity index (χ1v) is 7.32. The Labute approximate surface area is 123 Å². The summed E-state index contributed by atoms with van der Waals surface area (Å²) in [5.74, 6) is -4.77. The van der Waals surface area contributed by atoms with Gasteiger partial charge >= 0.3 is 5.97 Å². The SMILES string of the molecule is O=C(O)Cc1sccc1C(=O)NC1CCOCCC1(F)F. The molecule has 1 aliphatic rings. The summed E-state index contributed by atoms with van der Waals surface area (Å²) in [5, 5.41) is 12.7. The number of carboxylic acid groups (broad SMARTS) is 1. The number of hydrogen-bond donors (Lipinski definition) is 2. The number of carbonyl (C=O) groups excluding carboxylic acids is 1. The van der Waals surface area contributed by atoms with Crippen molar-refractivity contribution in [1.82, 2.24) is 5.32 Å². The molecule has 21 heavy (non-hydrogen) atoms. The minimum Gasteiger partial charge on any atom is -0.481 e. The summed E-state index contributed by atoms with van der Waals surface area (Å²) in [6.07, 6.45) is -0.717. The Morgan fingerprint density at radius 2 is 2.24 bits per heavy atom. The van der Waals surface area contributed by atoms with Gasteiger partial charge < -0.3 is 15.2 Å². The van der Waals surface area contributed by atoms with Gasteiger partial charge in [0.25, 0.3) is 11.8 Å². The highest BCUT2D eigenvalue weighted by Gasteiger charge is 2.41. The molecule has 1 aromatic heterocycles. The summed E-state index contributed by atoms with van der Waals surface area (Å²) in [7, 11) is 0. The third-order valence-electron chi connectivity index (χ3n) is 3.25. The van der Waals surface area contributed by atoms with Gasteiger partial charge in [-0.25, -0.2) is 8.78 Å². The largest absolute Gasteiger partial charge is 0.481 e. The summed E-state index contributed by atoms with van der Waals surface area (Å²) >= 11 is 1.12. The highest BCUT2D eigenvalue weighted by Crippen LogP contribution is 2.28. The first-order valence-electron chi connectivity index (χ1n) is 6.45. The van der Waals surface area contributed by atoms with Gasteiger partial charge in [0.15, 0.2) is 0 Å². The number of rotatable bonds is 4. The van der Waals surface area contributed by atoms with Crippen molar-refractivity contribution < 1.29 is 28.2 Å². The van der Waals surface area contributed by atoms with E-state index in [1.807, 2.05) is 0 Å². The summed E-state index contributed by atoms with van der Waals surface area (Å²) in [5.41, 5.74) is 0.142. The Hall–Kier alpha value is -1.54. The molecule has 1 aromatic rings. The highest BCUT2D eigenvalue weighted by atomic mass is 32.1. The van der Waals surface area contributed by atoms with E-state index in [1.54, 1.807) is 5.38 Å². The lowest BCUT2D eigenvalue weighted by molar-refractivity contribution is -0.136. The molecule has 0 spiro atoms. The van der Waals surface area contributed by atoms with E-state index in [9.17, 15) is 18.4 Å². The van der Waals surface area contributed by atoms with Gasteiger partial charge in [-0.15, -0.1) is 11.3 Å². The van der Waals surface area contributed by atoms with Gasteiger partial charge in [0.2, 0.25) is 0 Å². The van der Waals surface area contributed by atoms with E-state index in [4.69, 9.17) is 9.84 Å². The molecule has 0 radical (unpaired) electrons. The third-order valence-corrected chi connectivity index (χ3v) is 4.17. The van der Waals surface area contributed by atoms with Crippen LogP contribution in [0.4, 0.5) is 8.78 Å². The number of carboxylic acids is 1. The molecule has 5 nitrogen and oxygen atoms in total. The van der Waals surface area contributed by atoms with Crippen molar-refractivity contribution in [3.8, 4) is 0 Å². The number of nitrogens with one attached hydrogen (secondary N) is 1. The second kappa shape index (κ2) is 6.48. The normalized spacial score (nSPS) is 21.5. The van der Waals surface area contributed by atoms with Crippen LogP contribution in [-0.2, 0) is 16.0 Å². The number of halogens is 2. The molecule has 0 saturated carbocycles. The Morgan fingerprint density at radius 1 is 1.48 bits per heavy atom. The molecule has 0 aliphatic carbocycles. The highest BCUT2D eigenvalue weighted by molar-refractivity contribution is 7.10. The standard InChI is InChI=1S/C13H15F2NO4S/c14-13(15)3-5-20-4-1-10(13)16-12(19)8-2-6-21-9(8)7-11(17)18/h2,6,10H,1,3-5,7H2,(H,16,19)(H,17,18). The van der Waals surface area contributed by atoms with Crippen LogP contribution < -0.4 is 5.32 Å². The average Bonchev–Trinajstić information content (AvgIpc) is 2.77. The lowest BCUT2D eigenvalue weighted by atomic mass is 10.0. The molecule has 116 valence electrons. The van der Waals surface area contributed by atoms with Gasteiger partial charge in [0.1, 0.15) is 0 Å². The monoisotopic (exact) mass is 319 g/mol. The minimum absolute atomic E-state index is 0.0249. The first-order chi connectivity index (χ1) is 9.90. The van der Waals surface area contributed by atoms with Crippen molar-refractivity contribution in [3.05, 3.63) is 21.9 Å². The van der Waals surface area contributed by atoms with Crippen LogP contribution in [0.5, 0.6) is 0 Å². The van der Waals surface area contributed by atoms with Crippen molar-refractivity contribution >= 4 is 23.2 Å². The Balaban J connectivity index is 2.10. The van der Waals surface area contributed by atoms with E-state index in [2.05, 4.69) is 5.32 Å². The van der Waals surface area contributed by atoms with Crippen LogP contribution in [-0.4, -0.2) is 42.2 Å². The van der Waals surface area contributed by atoms with Gasteiger partial charge in [-0.05, 0) is 17.9 Å². The van der Waals surface area contributed by atoms with E-state index in [0.29, 0.717) is 4.88 Å². The second-order valence-electron chi connectivity index (χ2n) is 4.77. The van der Waals surface area contributed by atoms with Crippen molar-refractivity contribution in [1.29, 1.82) is 0 Å². The summed E-state index contributed by atoms with van der Waals surface area (Å²) in [6.45, 7) is 0.119. The molecule has 1 amide bonds. The number of amides is 1. The van der Waals surface area contributed by atoms with Gasteiger partial charge in [0, 0.05) is 17.9 Å². The molecule has 2 N–H and O–H groups in total. The van der Waals surface area contributed by atoms with Crippen LogP contribution in [0.2, 0.25) is 0 Å². The van der Waals surface area contributed by atoms with Crippen molar-refractivity contribution in [2.45, 2.75) is 31.2 Å². The number of ether oxygens (including phenoxy) is 1. The van der Waals surface area contributed by atoms with Crippen LogP contribution in [0.1, 0.15) is 28.1 Å². The Morgan fingerprint density at radius 3 is 2.95 bits per heavy atom. The van der Waals surface area contributed by atoms with Gasteiger partial charge in [-0.2, -0.15) is 0 Å². The van der Waals surface area contributed by atoms with Crippen molar-refractivity contribution in [2.75, 3.05) is 13.2 Å². The second-order valence-corrected chi connectivity index (χ2v) is 5.77. The van der Waals surface area contributed by atoms with E-state index >= 15 is 0 Å². The number of thiophene rings is 1. The zero-order chi connectivity index (χ0) is 15.5. The number of aliphatic carboxylic acids is 1. The maximum Gasteiger partial charge on any atom is 0.308 e. The van der Waals surface area contributed by atoms with Crippen LogP contribution >= 0.6 is 11.3 Å². The van der Waals surface area contributed by atoms with E-state index < -0.39 is 30.3 Å². The summed E-state index contributed by atoms with van der Waals surface area (Å²) in [6, 6.07) is 0.147. The van der Waals surface area contributed by atoms with Gasteiger partial charge in [0.05, 0.1) is 24.6 Å². The molecule has 1 fully saturated rings. The molecule has 1 aliphatic heterocycles. The van der Waals surface area contributed by atoms with E-state index in [-0.39, 0.29) is 31.6 Å². The van der Waals surface area contributed by atoms with Crippen LogP contribution in [0.15, 0.2) is 11.4 Å². The number of carbonyl (C=O) groups is 2. The average molecular weight is 319 g/mol. The Bertz CT molecular complexity index is 532. The maximum absolute atomic E-state index is 13.9. The van der Waals surface area contributed by atoms with Crippen LogP contribution in [0.3, 0.4) is 0 Å². The fourth-order valence-corrected chi connectivity index (χ4v) is 2.99. The molecule has 1 atom stereocenters. The predicted octanol–water partition coefficient (Wildman–Crippen LogP) is 1.92. The lowest BCUT2D eigenvalue weighted by Crippen LogP contribution is -2.47. The smallest absolute Gasteiger partial charge is 0.308 e. The van der Waals surface area contributed by atoms with Crippen molar-refractivity contribution in [3.63, 3.8) is 0 Å². The lowest BCUT2D eigenvalue weighted by Gasteiger charge is -2.25. The zero-order valence-corrected chi connectivity index (χ0v) is 11.9. The summed E-state index contributed by atoms with van der Waals surface area (Å²) in [4.78, 5) is 23.2. The third kappa shape index (κ3) is 3.98. The maximum atomic E-state index is 13.9. The molecular formula is C13H15F2NO4S. The predicted molar refractivity (Wildman–Crippen MR) is 71.9 cm³/mol. The quantitative estimate of drug-likeness (QED) is 0.889. The van der Waals surface area contributed by atoms with Crippen LogP contribution in [0.25, 0.3) is 0 Å². The van der Waals surface area contributed by atoms with Gasteiger partial charge in [-0.3, -0.25) is 9.59 Å². The molecule has 0 bridgehead atoms. The van der Waals surface area contributed by atoms with Crippen molar-refractivity contribution in [2.24, 2.45) is 0 Å². The number of hydrogen-bond acceptors (Lipinski definition) is 4. The Kier molecular flexibility index (Phi) is 4.89. The zero-order valence-electron chi connectivity index (χ0n) is 11.1. The molecule has 0 aromatic carbocycles. The molecule has 1 saturated heterocycles. The fourth-order valence-electron chi connectivity index (χ4n) is 2.13. The molecule has 8 heteroatoms. The fraction of sp³-hybridized carbons (Fsp3) is 0.538. The van der Waals surface area contributed by atoms with Gasteiger partial charge in [-0.1, -0.05) is 0 Å².